The number of rotatable bonds is 6. The Morgan fingerprint density at radius 1 is 1.32 bits per heavy atom. The second-order valence-corrected chi connectivity index (χ2v) is 7.66. The number of anilines is 1. The summed E-state index contributed by atoms with van der Waals surface area (Å²) in [5.74, 6) is 1.29. The normalized spacial score (nSPS) is 20.9. The molecule has 1 atom stereocenters. The number of pyridine rings is 1. The molecular weight excluding hydrogens is 353 g/mol. The van der Waals surface area contributed by atoms with E-state index in [1.54, 1.807) is 24.0 Å². The number of hydrogen-bond acceptors (Lipinski definition) is 6. The molecule has 10 heteroatoms. The third kappa shape index (κ3) is 4.55. The highest BCUT2D eigenvalue weighted by molar-refractivity contribution is 6.59. The van der Waals surface area contributed by atoms with Crippen LogP contribution >= 0.6 is 0 Å². The highest BCUT2D eigenvalue weighted by Crippen LogP contribution is 2.30. The van der Waals surface area contributed by atoms with E-state index in [-0.39, 0.29) is 12.5 Å². The van der Waals surface area contributed by atoms with Gasteiger partial charge in [-0.2, -0.15) is 0 Å². The predicted octanol–water partition coefficient (Wildman–Crippen LogP) is -0.262. The minimum absolute atomic E-state index is 0.0772. The number of amides is 1. The molecular formula is C18H25B3N4O3. The second kappa shape index (κ2) is 8.47. The van der Waals surface area contributed by atoms with E-state index in [0.29, 0.717) is 31.2 Å². The fourth-order valence-electron chi connectivity index (χ4n) is 3.71. The van der Waals surface area contributed by atoms with Crippen LogP contribution in [0.25, 0.3) is 0 Å². The summed E-state index contributed by atoms with van der Waals surface area (Å²) >= 11 is 0. The molecule has 0 saturated carbocycles. The van der Waals surface area contributed by atoms with Crippen LogP contribution in [0.15, 0.2) is 6.07 Å². The van der Waals surface area contributed by atoms with Gasteiger partial charge in [0.2, 0.25) is 12.2 Å². The van der Waals surface area contributed by atoms with Crippen molar-refractivity contribution in [3.05, 3.63) is 22.9 Å². The quantitative estimate of drug-likeness (QED) is 0.544. The summed E-state index contributed by atoms with van der Waals surface area (Å²) in [6, 6.07) is 2.10. The lowest BCUT2D eigenvalue weighted by atomic mass is 9.48. The molecule has 28 heavy (non-hydrogen) atoms. The Morgan fingerprint density at radius 3 is 2.64 bits per heavy atom. The monoisotopic (exact) mass is 378 g/mol. The van der Waals surface area contributed by atoms with E-state index >= 15 is 0 Å². The summed E-state index contributed by atoms with van der Waals surface area (Å²) in [4.78, 5) is 20.7. The molecule has 7 nitrogen and oxygen atoms in total. The van der Waals surface area contributed by atoms with E-state index in [4.69, 9.17) is 38.0 Å². The lowest BCUT2D eigenvalue weighted by Gasteiger charge is -2.43. The van der Waals surface area contributed by atoms with Crippen molar-refractivity contribution < 1.29 is 14.3 Å². The summed E-state index contributed by atoms with van der Waals surface area (Å²) in [6.45, 7) is 4.53. The zero-order chi connectivity index (χ0) is 20.5. The number of carbonyl (C=O) groups is 1. The number of nitrogens with one attached hydrogen (secondary N) is 1. The predicted molar refractivity (Wildman–Crippen MR) is 109 cm³/mol. The van der Waals surface area contributed by atoms with E-state index < -0.39 is 11.5 Å². The number of hydrogen-bond donors (Lipinski definition) is 1. The zero-order valence-electron chi connectivity index (χ0n) is 16.8. The van der Waals surface area contributed by atoms with Crippen LogP contribution in [0.3, 0.4) is 0 Å². The molecule has 1 saturated heterocycles. The van der Waals surface area contributed by atoms with Crippen LogP contribution in [0.1, 0.15) is 30.0 Å². The van der Waals surface area contributed by atoms with Crippen LogP contribution in [0.2, 0.25) is 0 Å². The molecule has 6 radical (unpaired) electrons. The van der Waals surface area contributed by atoms with Gasteiger partial charge in [-0.25, -0.2) is 4.98 Å². The number of piperazine rings is 1. The summed E-state index contributed by atoms with van der Waals surface area (Å²) in [5.41, 5.74) is 2.72. The van der Waals surface area contributed by atoms with Gasteiger partial charge in [0.25, 0.3) is 0 Å². The van der Waals surface area contributed by atoms with Crippen molar-refractivity contribution in [1.29, 1.82) is 0 Å². The molecule has 1 N–H and O–H groups in total. The zero-order valence-corrected chi connectivity index (χ0v) is 16.8. The molecule has 0 bridgehead atoms. The van der Waals surface area contributed by atoms with Crippen molar-refractivity contribution in [3.63, 3.8) is 0 Å². The lowest BCUT2D eigenvalue weighted by molar-refractivity contribution is -0.137. The van der Waals surface area contributed by atoms with Crippen LogP contribution < -0.4 is 5.32 Å². The molecule has 0 aliphatic carbocycles. The lowest BCUT2D eigenvalue weighted by Crippen LogP contribution is -2.60. The number of ether oxygens (including phenoxy) is 2. The maximum Gasteiger partial charge on any atom is 0.237 e. The van der Waals surface area contributed by atoms with Gasteiger partial charge in [0, 0.05) is 40.4 Å². The Kier molecular flexibility index (Phi) is 6.42. The molecule has 1 fully saturated rings. The Morgan fingerprint density at radius 2 is 2.04 bits per heavy atom. The second-order valence-electron chi connectivity index (χ2n) is 7.66. The fourth-order valence-corrected chi connectivity index (χ4v) is 3.71. The maximum atomic E-state index is 12.6. The van der Waals surface area contributed by atoms with Crippen LogP contribution in [0, 0.1) is 5.92 Å². The van der Waals surface area contributed by atoms with Crippen LogP contribution in [0.5, 0.6) is 0 Å². The van der Waals surface area contributed by atoms with Crippen molar-refractivity contribution >= 4 is 35.3 Å². The Labute approximate surface area is 170 Å². The first-order valence-corrected chi connectivity index (χ1v) is 9.44. The molecule has 1 aromatic heterocycles. The van der Waals surface area contributed by atoms with Crippen LogP contribution in [-0.2, 0) is 27.2 Å². The van der Waals surface area contributed by atoms with Gasteiger partial charge in [-0.15, -0.1) is 0 Å². The molecule has 2 aliphatic heterocycles. The number of nitrogens with zero attached hydrogens (tertiary/aromatic N) is 3. The van der Waals surface area contributed by atoms with E-state index in [1.165, 1.54) is 0 Å². The van der Waals surface area contributed by atoms with E-state index in [1.807, 2.05) is 0 Å². The summed E-state index contributed by atoms with van der Waals surface area (Å²) in [6.07, 6.45) is 0.327. The van der Waals surface area contributed by atoms with Crippen molar-refractivity contribution in [3.8, 4) is 0 Å². The van der Waals surface area contributed by atoms with Crippen molar-refractivity contribution in [1.82, 2.24) is 14.8 Å². The van der Waals surface area contributed by atoms with Crippen molar-refractivity contribution in [2.45, 2.75) is 31.4 Å². The summed E-state index contributed by atoms with van der Waals surface area (Å²) in [5, 5.41) is 1.87. The highest BCUT2D eigenvalue weighted by atomic mass is 16.7. The SMILES string of the molecule is [B]C([B])([B])N1CCN(Cc2cc3c(nc2C(OC)OC)NCC(C)C3)C(=O)C1. The molecule has 2 aliphatic rings. The highest BCUT2D eigenvalue weighted by Gasteiger charge is 2.31. The Hall–Kier alpha value is -1.51. The third-order valence-corrected chi connectivity index (χ3v) is 5.28. The first-order chi connectivity index (χ1) is 13.2. The minimum Gasteiger partial charge on any atom is -0.370 e. The van der Waals surface area contributed by atoms with E-state index in [9.17, 15) is 4.79 Å². The Bertz CT molecular complexity index is 725. The molecule has 0 spiro atoms. The fraction of sp³-hybridized carbons (Fsp3) is 0.667. The van der Waals surface area contributed by atoms with Crippen LogP contribution in [-0.4, -0.2) is 89.9 Å². The summed E-state index contributed by atoms with van der Waals surface area (Å²) in [7, 11) is 20.3. The van der Waals surface area contributed by atoms with E-state index in [0.717, 1.165) is 29.9 Å². The van der Waals surface area contributed by atoms with Gasteiger partial charge in [-0.3, -0.25) is 4.79 Å². The number of carbonyl (C=O) groups excluding carboxylic acids is 1. The van der Waals surface area contributed by atoms with Gasteiger partial charge >= 0.3 is 0 Å². The van der Waals surface area contributed by atoms with Gasteiger partial charge in [0.15, 0.2) is 0 Å². The van der Waals surface area contributed by atoms with Gasteiger partial charge in [-0.1, -0.05) is 12.2 Å². The third-order valence-electron chi connectivity index (χ3n) is 5.28. The average molecular weight is 378 g/mol. The van der Waals surface area contributed by atoms with E-state index in [2.05, 4.69) is 18.3 Å². The molecule has 1 unspecified atom stereocenters. The summed E-state index contributed by atoms with van der Waals surface area (Å²) < 4.78 is 10.9. The smallest absolute Gasteiger partial charge is 0.237 e. The first kappa shape index (κ1) is 21.2. The number of aromatic nitrogens is 1. The minimum atomic E-state index is -1.50. The molecule has 1 aromatic rings. The number of methoxy groups -OCH3 is 2. The van der Waals surface area contributed by atoms with Gasteiger partial charge < -0.3 is 24.6 Å². The van der Waals surface area contributed by atoms with Gasteiger partial charge in [0.05, 0.1) is 30.1 Å². The largest absolute Gasteiger partial charge is 0.370 e. The molecule has 3 rings (SSSR count). The molecule has 144 valence electrons. The molecule has 1 amide bonds. The first-order valence-electron chi connectivity index (χ1n) is 9.44. The molecule has 3 heterocycles. The molecule has 0 aromatic carbocycles. The topological polar surface area (TPSA) is 66.9 Å². The van der Waals surface area contributed by atoms with Crippen molar-refractivity contribution in [2.75, 3.05) is 45.7 Å². The maximum absolute atomic E-state index is 12.6. The standard InChI is InChI=1S/C18H25B3N4O3/c1-11-6-12-7-13(15(17(27-2)28-3)23-16(12)22-8-11)9-24-4-5-25(10-14(24)26)18(19,20)21/h7,11,17H,4-6,8-10H2,1-3H3,(H,22,23). The number of fused-ring (bicyclic) bond motifs is 1. The Balaban J connectivity index is 1.86. The van der Waals surface area contributed by atoms with Crippen LogP contribution in [0.4, 0.5) is 5.82 Å². The van der Waals surface area contributed by atoms with Crippen molar-refractivity contribution in [2.24, 2.45) is 5.92 Å². The van der Waals surface area contributed by atoms with Gasteiger partial charge in [-0.05, 0) is 29.5 Å². The average Bonchev–Trinajstić information content (AvgIpc) is 2.63. The van der Waals surface area contributed by atoms with Gasteiger partial charge in [0.1, 0.15) is 11.5 Å².